The maximum absolute atomic E-state index is 13.8. The van der Waals surface area contributed by atoms with Gasteiger partial charge in [0, 0.05) is 31.2 Å². The van der Waals surface area contributed by atoms with Crippen molar-refractivity contribution in [1.29, 1.82) is 0 Å². The minimum atomic E-state index is -0.912. The van der Waals surface area contributed by atoms with Gasteiger partial charge in [0.05, 0.1) is 44.7 Å². The summed E-state index contributed by atoms with van der Waals surface area (Å²) >= 11 is 0. The molecule has 216 valence electrons. The summed E-state index contributed by atoms with van der Waals surface area (Å²) < 4.78 is 28.0. The standard InChI is InChI=1S/C29H37N3O8/c1-3-4-10-32(20-6-5-9-30-15-20)25(33)17-31-16-21(19-13-23(36-2)28-24(14-19)39-18-40-28)27(29(34)35)22(31)7-8-26-37-11-12-38-26/h5-6,9,13-15,21-22,26-27H,3-4,7-8,10-12,16-18H2,1-2H3,(H,34,35)/t21-,22+,27?/m1/s1. The summed E-state index contributed by atoms with van der Waals surface area (Å²) in [5.41, 5.74) is 1.51. The largest absolute Gasteiger partial charge is 0.493 e. The molecule has 1 N–H and O–H groups in total. The van der Waals surface area contributed by atoms with Crippen molar-refractivity contribution in [2.75, 3.05) is 51.7 Å². The molecule has 1 amide bonds. The molecular weight excluding hydrogens is 518 g/mol. The van der Waals surface area contributed by atoms with Crippen LogP contribution in [0.2, 0.25) is 0 Å². The van der Waals surface area contributed by atoms with Crippen molar-refractivity contribution < 1.29 is 38.4 Å². The van der Waals surface area contributed by atoms with Crippen molar-refractivity contribution in [1.82, 2.24) is 9.88 Å². The first kappa shape index (κ1) is 28.1. The fraction of sp³-hybridized carbons (Fsp3) is 0.552. The maximum atomic E-state index is 13.8. The highest BCUT2D eigenvalue weighted by Gasteiger charge is 2.48. The fourth-order valence-electron chi connectivity index (χ4n) is 5.92. The second kappa shape index (κ2) is 12.8. The zero-order chi connectivity index (χ0) is 28.1. The first-order chi connectivity index (χ1) is 19.5. The number of methoxy groups -OCH3 is 1. The van der Waals surface area contributed by atoms with Gasteiger partial charge in [0.1, 0.15) is 0 Å². The highest BCUT2D eigenvalue weighted by molar-refractivity contribution is 5.94. The molecule has 0 aliphatic carbocycles. The number of nitrogens with zero attached hydrogens (tertiary/aromatic N) is 3. The first-order valence-electron chi connectivity index (χ1n) is 13.9. The molecule has 0 saturated carbocycles. The highest BCUT2D eigenvalue weighted by Crippen LogP contribution is 2.47. The fourth-order valence-corrected chi connectivity index (χ4v) is 5.92. The number of hydrogen-bond acceptors (Lipinski definition) is 9. The molecule has 11 nitrogen and oxygen atoms in total. The second-order valence-electron chi connectivity index (χ2n) is 10.3. The number of fused-ring (bicyclic) bond motifs is 1. The number of ether oxygens (including phenoxy) is 5. The van der Waals surface area contributed by atoms with E-state index in [9.17, 15) is 14.7 Å². The lowest BCUT2D eigenvalue weighted by Gasteiger charge is -2.30. The molecule has 2 aromatic rings. The minimum absolute atomic E-state index is 0.0781. The minimum Gasteiger partial charge on any atom is -0.493 e. The summed E-state index contributed by atoms with van der Waals surface area (Å²) in [6.45, 7) is 4.24. The Morgan fingerprint density at radius 3 is 2.73 bits per heavy atom. The number of anilines is 1. The molecule has 40 heavy (non-hydrogen) atoms. The number of carbonyl (C=O) groups excluding carboxylic acids is 1. The van der Waals surface area contributed by atoms with E-state index in [4.69, 9.17) is 23.7 Å². The van der Waals surface area contributed by atoms with Crippen LogP contribution < -0.4 is 19.1 Å². The number of rotatable bonds is 12. The van der Waals surface area contributed by atoms with E-state index in [-0.39, 0.29) is 25.5 Å². The highest BCUT2D eigenvalue weighted by atomic mass is 16.7. The van der Waals surface area contributed by atoms with Crippen LogP contribution in [0.15, 0.2) is 36.7 Å². The van der Waals surface area contributed by atoms with Crippen LogP contribution in [0.1, 0.15) is 44.1 Å². The average Bonchev–Trinajstić information content (AvgIpc) is 3.72. The molecule has 2 fully saturated rings. The lowest BCUT2D eigenvalue weighted by molar-refractivity contribution is -0.143. The normalized spacial score (nSPS) is 22.5. The molecule has 0 radical (unpaired) electrons. The zero-order valence-electron chi connectivity index (χ0n) is 23.0. The summed E-state index contributed by atoms with van der Waals surface area (Å²) in [4.78, 5) is 34.6. The SMILES string of the molecule is CCCCN(C(=O)CN1C[C@H](c2cc(OC)c3c(c2)OCO3)C(C(=O)O)[C@@H]1CCC1OCCO1)c1cccnc1. The molecule has 0 bridgehead atoms. The summed E-state index contributed by atoms with van der Waals surface area (Å²) in [6, 6.07) is 6.94. The van der Waals surface area contributed by atoms with E-state index < -0.39 is 23.8 Å². The lowest BCUT2D eigenvalue weighted by atomic mass is 9.83. The molecule has 3 aliphatic rings. The van der Waals surface area contributed by atoms with Crippen LogP contribution >= 0.6 is 0 Å². The van der Waals surface area contributed by atoms with Crippen molar-refractivity contribution >= 4 is 17.6 Å². The number of carboxylic acid groups (broad SMARTS) is 1. The number of likely N-dealkylation sites (tertiary alicyclic amines) is 1. The Morgan fingerprint density at radius 2 is 2.02 bits per heavy atom. The second-order valence-corrected chi connectivity index (χ2v) is 10.3. The average molecular weight is 556 g/mol. The smallest absolute Gasteiger partial charge is 0.308 e. The van der Waals surface area contributed by atoms with Crippen LogP contribution in [0.25, 0.3) is 0 Å². The number of aromatic nitrogens is 1. The zero-order valence-corrected chi connectivity index (χ0v) is 23.0. The lowest BCUT2D eigenvalue weighted by Crippen LogP contribution is -2.44. The molecule has 1 aromatic heterocycles. The molecule has 4 heterocycles. The van der Waals surface area contributed by atoms with E-state index in [1.165, 1.54) is 0 Å². The van der Waals surface area contributed by atoms with Crippen LogP contribution in [-0.2, 0) is 19.1 Å². The monoisotopic (exact) mass is 555 g/mol. The van der Waals surface area contributed by atoms with Crippen LogP contribution in [0.5, 0.6) is 17.2 Å². The molecule has 1 aromatic carbocycles. The van der Waals surface area contributed by atoms with Gasteiger partial charge in [-0.2, -0.15) is 0 Å². The first-order valence-corrected chi connectivity index (χ1v) is 13.9. The van der Waals surface area contributed by atoms with Gasteiger partial charge in [-0.1, -0.05) is 13.3 Å². The van der Waals surface area contributed by atoms with Crippen LogP contribution in [-0.4, -0.2) is 85.9 Å². The molecule has 3 aliphatic heterocycles. The number of benzene rings is 1. The third kappa shape index (κ3) is 6.01. The quantitative estimate of drug-likeness (QED) is 0.418. The van der Waals surface area contributed by atoms with Gasteiger partial charge in [-0.3, -0.25) is 19.5 Å². The van der Waals surface area contributed by atoms with Gasteiger partial charge in [0.15, 0.2) is 17.8 Å². The van der Waals surface area contributed by atoms with Crippen LogP contribution in [0.3, 0.4) is 0 Å². The van der Waals surface area contributed by atoms with Gasteiger partial charge in [0.25, 0.3) is 0 Å². The molecule has 0 spiro atoms. The molecule has 1 unspecified atom stereocenters. The van der Waals surface area contributed by atoms with Gasteiger partial charge in [0.2, 0.25) is 18.4 Å². The Morgan fingerprint density at radius 1 is 1.20 bits per heavy atom. The van der Waals surface area contributed by atoms with Crippen molar-refractivity contribution in [2.45, 2.75) is 50.9 Å². The predicted octanol–water partition coefficient (Wildman–Crippen LogP) is 3.27. The maximum Gasteiger partial charge on any atom is 0.308 e. The number of unbranched alkanes of at least 4 members (excludes halogenated alkanes) is 1. The molecule has 5 rings (SSSR count). The Bertz CT molecular complexity index is 1170. The van der Waals surface area contributed by atoms with Crippen LogP contribution in [0.4, 0.5) is 5.69 Å². The van der Waals surface area contributed by atoms with E-state index in [0.29, 0.717) is 56.4 Å². The Labute approximate surface area is 233 Å². The van der Waals surface area contributed by atoms with Gasteiger partial charge in [-0.15, -0.1) is 0 Å². The van der Waals surface area contributed by atoms with Crippen molar-refractivity contribution in [2.24, 2.45) is 5.92 Å². The Kier molecular flexibility index (Phi) is 9.03. The topological polar surface area (TPSA) is 120 Å². The third-order valence-electron chi connectivity index (χ3n) is 7.86. The van der Waals surface area contributed by atoms with Crippen LogP contribution in [0, 0.1) is 5.92 Å². The van der Waals surface area contributed by atoms with E-state index in [1.807, 2.05) is 29.2 Å². The summed E-state index contributed by atoms with van der Waals surface area (Å²) in [6.07, 6.45) is 5.83. The van der Waals surface area contributed by atoms with E-state index in [2.05, 4.69) is 11.9 Å². The van der Waals surface area contributed by atoms with Gasteiger partial charge in [-0.05, 0) is 49.1 Å². The molecule has 11 heteroatoms. The van der Waals surface area contributed by atoms with E-state index >= 15 is 0 Å². The van der Waals surface area contributed by atoms with Crippen molar-refractivity contribution in [3.63, 3.8) is 0 Å². The number of pyridine rings is 1. The number of carbonyl (C=O) groups is 2. The summed E-state index contributed by atoms with van der Waals surface area (Å²) in [5.74, 6) is -0.626. The molecule has 3 atom stereocenters. The molecule has 2 saturated heterocycles. The van der Waals surface area contributed by atoms with Gasteiger partial charge in [-0.25, -0.2) is 0 Å². The van der Waals surface area contributed by atoms with Crippen molar-refractivity contribution in [3.8, 4) is 17.2 Å². The molecular formula is C29H37N3O8. The summed E-state index contributed by atoms with van der Waals surface area (Å²) in [5, 5.41) is 10.5. The number of amides is 1. The predicted molar refractivity (Wildman–Crippen MR) is 145 cm³/mol. The van der Waals surface area contributed by atoms with Crippen molar-refractivity contribution in [3.05, 3.63) is 42.2 Å². The Balaban J connectivity index is 1.44. The Hall–Kier alpha value is -3.41. The number of hydrogen-bond donors (Lipinski definition) is 1. The number of carboxylic acids is 1. The number of aliphatic carboxylic acids is 1. The van der Waals surface area contributed by atoms with E-state index in [1.54, 1.807) is 24.4 Å². The van der Waals surface area contributed by atoms with Gasteiger partial charge < -0.3 is 33.7 Å². The third-order valence-corrected chi connectivity index (χ3v) is 7.86. The van der Waals surface area contributed by atoms with Gasteiger partial charge >= 0.3 is 5.97 Å². The summed E-state index contributed by atoms with van der Waals surface area (Å²) in [7, 11) is 1.54. The van der Waals surface area contributed by atoms with E-state index in [0.717, 1.165) is 24.1 Å².